The number of aromatic nitrogens is 2. The van der Waals surface area contributed by atoms with E-state index in [1.165, 1.54) is 29.6 Å². The van der Waals surface area contributed by atoms with Gasteiger partial charge in [0.2, 0.25) is 21.7 Å². The topological polar surface area (TPSA) is 115 Å². The van der Waals surface area contributed by atoms with Crippen molar-refractivity contribution >= 4 is 16.0 Å². The molecule has 1 aliphatic heterocycles. The van der Waals surface area contributed by atoms with Crippen LogP contribution in [0.1, 0.15) is 21.8 Å². The summed E-state index contributed by atoms with van der Waals surface area (Å²) < 4.78 is 43.1. The fourth-order valence-corrected chi connectivity index (χ4v) is 5.45. The number of carbonyl (C=O) groups is 1. The maximum absolute atomic E-state index is 13.2. The maximum atomic E-state index is 13.2. The van der Waals surface area contributed by atoms with E-state index in [0.717, 1.165) is 11.3 Å². The van der Waals surface area contributed by atoms with E-state index >= 15 is 0 Å². The van der Waals surface area contributed by atoms with Crippen molar-refractivity contribution in [3.63, 3.8) is 0 Å². The van der Waals surface area contributed by atoms with Crippen LogP contribution >= 0.6 is 0 Å². The van der Waals surface area contributed by atoms with Crippen molar-refractivity contribution in [3.05, 3.63) is 59.5 Å². The lowest BCUT2D eigenvalue weighted by molar-refractivity contribution is 0.0600. The zero-order valence-electron chi connectivity index (χ0n) is 19.2. The van der Waals surface area contributed by atoms with Crippen molar-refractivity contribution in [1.82, 2.24) is 19.3 Å². The number of benzene rings is 2. The van der Waals surface area contributed by atoms with Crippen LogP contribution in [0.25, 0.3) is 11.4 Å². The number of hydrogen-bond donors (Lipinski definition) is 0. The fraction of sp³-hybridized carbons (Fsp3) is 0.348. The van der Waals surface area contributed by atoms with Crippen molar-refractivity contribution in [3.8, 4) is 17.1 Å². The fourth-order valence-electron chi connectivity index (χ4n) is 3.82. The number of esters is 1. The number of rotatable bonds is 7. The Balaban J connectivity index is 1.38. The van der Waals surface area contributed by atoms with Crippen LogP contribution in [0.2, 0.25) is 0 Å². The smallest absolute Gasteiger partial charge is 0.337 e. The van der Waals surface area contributed by atoms with Gasteiger partial charge in [-0.15, -0.1) is 0 Å². The van der Waals surface area contributed by atoms with Crippen LogP contribution in [-0.4, -0.2) is 74.1 Å². The van der Waals surface area contributed by atoms with Gasteiger partial charge in [0, 0.05) is 31.7 Å². The molecule has 34 heavy (non-hydrogen) atoms. The molecule has 0 atom stereocenters. The quantitative estimate of drug-likeness (QED) is 0.464. The number of sulfonamides is 1. The second-order valence-electron chi connectivity index (χ2n) is 7.89. The minimum Gasteiger partial charge on any atom is -0.497 e. The number of aryl methyl sites for hydroxylation is 1. The van der Waals surface area contributed by atoms with Crippen molar-refractivity contribution < 1.29 is 27.2 Å². The predicted octanol–water partition coefficient (Wildman–Crippen LogP) is 2.35. The van der Waals surface area contributed by atoms with Gasteiger partial charge < -0.3 is 14.0 Å². The van der Waals surface area contributed by atoms with Crippen LogP contribution in [0.15, 0.2) is 51.9 Å². The predicted molar refractivity (Wildman–Crippen MR) is 123 cm³/mol. The normalized spacial score (nSPS) is 15.3. The third-order valence-electron chi connectivity index (χ3n) is 5.72. The zero-order valence-corrected chi connectivity index (χ0v) is 20.0. The summed E-state index contributed by atoms with van der Waals surface area (Å²) in [7, 11) is -0.790. The van der Waals surface area contributed by atoms with Crippen molar-refractivity contribution in [1.29, 1.82) is 0 Å². The summed E-state index contributed by atoms with van der Waals surface area (Å²) in [5, 5.41) is 4.04. The first-order valence-electron chi connectivity index (χ1n) is 10.7. The molecule has 0 radical (unpaired) electrons. The SMILES string of the molecule is COC(=O)c1ccc(S(=O)(=O)N2CCN(Cc3nc(-c4ccc(OC)cc4)no3)CC2)c(C)c1. The summed E-state index contributed by atoms with van der Waals surface area (Å²) in [6.45, 7) is 3.83. The van der Waals surface area contributed by atoms with Gasteiger partial charge in [0.05, 0.1) is 31.2 Å². The minimum atomic E-state index is -3.68. The van der Waals surface area contributed by atoms with Gasteiger partial charge in [-0.1, -0.05) is 5.16 Å². The van der Waals surface area contributed by atoms with Crippen LogP contribution in [0.5, 0.6) is 5.75 Å². The van der Waals surface area contributed by atoms with E-state index in [4.69, 9.17) is 14.0 Å². The highest BCUT2D eigenvalue weighted by Gasteiger charge is 2.30. The summed E-state index contributed by atoms with van der Waals surface area (Å²) in [6.07, 6.45) is 0. The van der Waals surface area contributed by atoms with E-state index in [2.05, 4.69) is 15.0 Å². The molecule has 1 aromatic heterocycles. The average molecular weight is 487 g/mol. The van der Waals surface area contributed by atoms with Crippen LogP contribution in [0.4, 0.5) is 0 Å². The number of nitrogens with zero attached hydrogens (tertiary/aromatic N) is 4. The molecule has 0 N–H and O–H groups in total. The van der Waals surface area contributed by atoms with Gasteiger partial charge in [-0.2, -0.15) is 9.29 Å². The maximum Gasteiger partial charge on any atom is 0.337 e. The summed E-state index contributed by atoms with van der Waals surface area (Å²) in [4.78, 5) is 18.4. The first-order chi connectivity index (χ1) is 16.3. The standard InChI is InChI=1S/C23H26N4O6S/c1-16-14-18(23(28)32-3)6-9-20(16)34(29,30)27-12-10-26(11-13-27)15-21-24-22(25-33-21)17-4-7-19(31-2)8-5-17/h4-9,14H,10-13,15H2,1-3H3. The Morgan fingerprint density at radius 2 is 1.76 bits per heavy atom. The van der Waals surface area contributed by atoms with Gasteiger partial charge in [-0.05, 0) is 55.0 Å². The van der Waals surface area contributed by atoms with Gasteiger partial charge in [0.15, 0.2) is 0 Å². The molecule has 1 saturated heterocycles. The molecule has 3 aromatic rings. The highest BCUT2D eigenvalue weighted by molar-refractivity contribution is 7.89. The van der Waals surface area contributed by atoms with Crippen LogP contribution in [0.3, 0.4) is 0 Å². The molecule has 2 heterocycles. The van der Waals surface area contributed by atoms with E-state index in [0.29, 0.717) is 55.6 Å². The van der Waals surface area contributed by atoms with E-state index in [-0.39, 0.29) is 4.90 Å². The van der Waals surface area contributed by atoms with E-state index in [1.807, 2.05) is 24.3 Å². The second-order valence-corrected chi connectivity index (χ2v) is 9.80. The first-order valence-corrected chi connectivity index (χ1v) is 12.1. The van der Waals surface area contributed by atoms with Gasteiger partial charge in [0.1, 0.15) is 5.75 Å². The zero-order chi connectivity index (χ0) is 24.3. The molecule has 1 aliphatic rings. The number of carbonyl (C=O) groups excluding carboxylic acids is 1. The molecular weight excluding hydrogens is 460 g/mol. The largest absolute Gasteiger partial charge is 0.497 e. The number of ether oxygens (including phenoxy) is 2. The third kappa shape index (κ3) is 4.96. The summed E-state index contributed by atoms with van der Waals surface area (Å²) in [5.74, 6) is 1.20. The lowest BCUT2D eigenvalue weighted by atomic mass is 10.1. The highest BCUT2D eigenvalue weighted by Crippen LogP contribution is 2.24. The van der Waals surface area contributed by atoms with Gasteiger partial charge >= 0.3 is 5.97 Å². The van der Waals surface area contributed by atoms with Gasteiger partial charge in [-0.3, -0.25) is 4.90 Å². The first kappa shape index (κ1) is 23.9. The number of methoxy groups -OCH3 is 2. The molecular formula is C23H26N4O6S. The van der Waals surface area contributed by atoms with E-state index in [9.17, 15) is 13.2 Å². The minimum absolute atomic E-state index is 0.189. The van der Waals surface area contributed by atoms with Crippen molar-refractivity contribution in [2.75, 3.05) is 40.4 Å². The molecule has 0 amide bonds. The third-order valence-corrected chi connectivity index (χ3v) is 7.78. The monoisotopic (exact) mass is 486 g/mol. The van der Waals surface area contributed by atoms with E-state index < -0.39 is 16.0 Å². The molecule has 180 valence electrons. The summed E-state index contributed by atoms with van der Waals surface area (Å²) in [5.41, 5.74) is 1.64. The van der Waals surface area contributed by atoms with E-state index in [1.54, 1.807) is 14.0 Å². The lowest BCUT2D eigenvalue weighted by Crippen LogP contribution is -2.48. The Hall–Kier alpha value is -3.28. The summed E-state index contributed by atoms with van der Waals surface area (Å²) in [6, 6.07) is 11.8. The summed E-state index contributed by atoms with van der Waals surface area (Å²) >= 11 is 0. The van der Waals surface area contributed by atoms with Crippen LogP contribution in [-0.2, 0) is 21.3 Å². The lowest BCUT2D eigenvalue weighted by Gasteiger charge is -2.33. The number of hydrogen-bond acceptors (Lipinski definition) is 9. The van der Waals surface area contributed by atoms with Gasteiger partial charge in [0.25, 0.3) is 0 Å². The van der Waals surface area contributed by atoms with Crippen LogP contribution in [0, 0.1) is 6.92 Å². The molecule has 0 spiro atoms. The Kier molecular flexibility index (Phi) is 6.96. The molecule has 2 aromatic carbocycles. The molecule has 10 nitrogen and oxygen atoms in total. The Labute approximate surface area is 198 Å². The Bertz CT molecular complexity index is 1260. The molecule has 4 rings (SSSR count). The Morgan fingerprint density at radius 3 is 2.38 bits per heavy atom. The second kappa shape index (κ2) is 9.92. The number of piperazine rings is 1. The molecule has 0 aliphatic carbocycles. The molecule has 1 fully saturated rings. The molecule has 11 heteroatoms. The van der Waals surface area contributed by atoms with Crippen LogP contribution < -0.4 is 4.74 Å². The molecule has 0 unspecified atom stereocenters. The highest BCUT2D eigenvalue weighted by atomic mass is 32.2. The van der Waals surface area contributed by atoms with Gasteiger partial charge in [-0.25, -0.2) is 13.2 Å². The van der Waals surface area contributed by atoms with Crippen molar-refractivity contribution in [2.24, 2.45) is 0 Å². The molecule has 0 saturated carbocycles. The molecule has 0 bridgehead atoms. The Morgan fingerprint density at radius 1 is 1.06 bits per heavy atom. The van der Waals surface area contributed by atoms with Crippen molar-refractivity contribution in [2.45, 2.75) is 18.4 Å². The average Bonchev–Trinajstić information content (AvgIpc) is 3.32.